The van der Waals surface area contributed by atoms with Crippen LogP contribution in [0, 0.1) is 0 Å². The maximum Gasteiger partial charge on any atom is 0.337 e. The van der Waals surface area contributed by atoms with Gasteiger partial charge in [0, 0.05) is 7.11 Å². The van der Waals surface area contributed by atoms with Crippen molar-refractivity contribution in [2.45, 2.75) is 12.7 Å². The van der Waals surface area contributed by atoms with Crippen LogP contribution < -0.4 is 9.47 Å². The summed E-state index contributed by atoms with van der Waals surface area (Å²) < 4.78 is 15.3. The highest BCUT2D eigenvalue weighted by molar-refractivity contribution is 5.74. The van der Waals surface area contributed by atoms with E-state index < -0.39 is 12.1 Å². The molecule has 18 heavy (non-hydrogen) atoms. The molecule has 0 fully saturated rings. The van der Waals surface area contributed by atoms with Crippen molar-refractivity contribution in [3.63, 3.8) is 0 Å². The summed E-state index contributed by atoms with van der Waals surface area (Å²) in [4.78, 5) is 10.8. The van der Waals surface area contributed by atoms with Crippen molar-refractivity contribution in [2.24, 2.45) is 0 Å². The van der Waals surface area contributed by atoms with Crippen molar-refractivity contribution in [1.82, 2.24) is 0 Å². The van der Waals surface area contributed by atoms with Crippen LogP contribution in [0.25, 0.3) is 0 Å². The van der Waals surface area contributed by atoms with Crippen LogP contribution in [0.4, 0.5) is 0 Å². The number of hydrogen-bond donors (Lipinski definition) is 2. The van der Waals surface area contributed by atoms with Gasteiger partial charge in [0.1, 0.15) is 11.5 Å². The highest BCUT2D eigenvalue weighted by atomic mass is 16.5. The molecule has 0 aromatic heterocycles. The Morgan fingerprint density at radius 2 is 1.72 bits per heavy atom. The maximum atomic E-state index is 10.8. The monoisotopic (exact) mass is 256 g/mol. The summed E-state index contributed by atoms with van der Waals surface area (Å²) in [7, 11) is 4.43. The summed E-state index contributed by atoms with van der Waals surface area (Å²) in [6.45, 7) is 0.260. The van der Waals surface area contributed by atoms with E-state index >= 15 is 0 Å². The summed E-state index contributed by atoms with van der Waals surface area (Å²) in [6.07, 6.45) is -1.62. The fraction of sp³-hybridized carbons (Fsp3) is 0.417. The number of carboxylic acids is 1. The fourth-order valence-corrected chi connectivity index (χ4v) is 1.59. The molecule has 0 radical (unpaired) electrons. The van der Waals surface area contributed by atoms with Crippen LogP contribution >= 0.6 is 0 Å². The van der Waals surface area contributed by atoms with E-state index in [0.717, 1.165) is 0 Å². The van der Waals surface area contributed by atoms with Gasteiger partial charge in [0.15, 0.2) is 6.10 Å². The zero-order chi connectivity index (χ0) is 13.7. The standard InChI is InChI=1S/C12H16O6/c1-16-6-8-9(17-2)4-7(5-10(8)18-3)11(13)12(14)15/h4-5,11,13H,6H2,1-3H3,(H,14,15). The van der Waals surface area contributed by atoms with E-state index in [1.807, 2.05) is 0 Å². The number of carbonyl (C=O) groups is 1. The molecule has 0 saturated heterocycles. The van der Waals surface area contributed by atoms with Crippen LogP contribution in [0.2, 0.25) is 0 Å². The van der Waals surface area contributed by atoms with Crippen LogP contribution in [0.1, 0.15) is 17.2 Å². The number of carboxylic acid groups (broad SMARTS) is 1. The summed E-state index contributed by atoms with van der Waals surface area (Å²) in [6, 6.07) is 2.91. The third-order valence-corrected chi connectivity index (χ3v) is 2.47. The third-order valence-electron chi connectivity index (χ3n) is 2.47. The van der Waals surface area contributed by atoms with E-state index in [0.29, 0.717) is 17.1 Å². The molecule has 1 aromatic carbocycles. The molecule has 6 nitrogen and oxygen atoms in total. The number of aliphatic hydroxyl groups excluding tert-OH is 1. The highest BCUT2D eigenvalue weighted by Gasteiger charge is 2.21. The molecule has 100 valence electrons. The molecule has 1 rings (SSSR count). The van der Waals surface area contributed by atoms with Gasteiger partial charge in [-0.25, -0.2) is 4.79 Å². The van der Waals surface area contributed by atoms with Gasteiger partial charge >= 0.3 is 5.97 Å². The first kappa shape index (κ1) is 14.3. The quantitative estimate of drug-likeness (QED) is 0.788. The predicted octanol–water partition coefficient (Wildman–Crippen LogP) is 0.968. The number of aliphatic hydroxyl groups is 1. The van der Waals surface area contributed by atoms with Crippen LogP contribution in [-0.4, -0.2) is 37.5 Å². The van der Waals surface area contributed by atoms with Crippen LogP contribution in [0.15, 0.2) is 12.1 Å². The number of methoxy groups -OCH3 is 3. The Morgan fingerprint density at radius 1 is 1.22 bits per heavy atom. The van der Waals surface area contributed by atoms with Crippen LogP contribution in [-0.2, 0) is 16.1 Å². The van der Waals surface area contributed by atoms with Gasteiger partial charge in [-0.15, -0.1) is 0 Å². The van der Waals surface area contributed by atoms with Gasteiger partial charge in [-0.05, 0) is 17.7 Å². The normalized spacial score (nSPS) is 12.0. The van der Waals surface area contributed by atoms with E-state index in [1.54, 1.807) is 0 Å². The molecule has 0 aliphatic carbocycles. The lowest BCUT2D eigenvalue weighted by molar-refractivity contribution is -0.146. The molecular weight excluding hydrogens is 240 g/mol. The molecule has 0 saturated carbocycles. The molecule has 0 amide bonds. The summed E-state index contributed by atoms with van der Waals surface area (Å²) >= 11 is 0. The van der Waals surface area contributed by atoms with Gasteiger partial charge < -0.3 is 24.4 Å². The Balaban J connectivity index is 3.29. The van der Waals surface area contributed by atoms with E-state index in [9.17, 15) is 9.90 Å². The topological polar surface area (TPSA) is 85.2 Å². The summed E-state index contributed by atoms with van der Waals surface area (Å²) in [5.74, 6) is -0.517. The van der Waals surface area contributed by atoms with Crippen LogP contribution in [0.3, 0.4) is 0 Å². The average molecular weight is 256 g/mol. The fourth-order valence-electron chi connectivity index (χ4n) is 1.59. The zero-order valence-corrected chi connectivity index (χ0v) is 10.5. The van der Waals surface area contributed by atoms with Gasteiger partial charge in [-0.2, -0.15) is 0 Å². The van der Waals surface area contributed by atoms with Gasteiger partial charge in [0.2, 0.25) is 0 Å². The molecule has 0 spiro atoms. The Labute approximate surface area is 105 Å². The number of benzene rings is 1. The number of hydrogen-bond acceptors (Lipinski definition) is 5. The van der Waals surface area contributed by atoms with Gasteiger partial charge in [-0.3, -0.25) is 0 Å². The predicted molar refractivity (Wildman–Crippen MR) is 62.9 cm³/mol. The van der Waals surface area contributed by atoms with Crippen molar-refractivity contribution in [3.8, 4) is 11.5 Å². The minimum atomic E-state index is -1.62. The maximum absolute atomic E-state index is 10.8. The van der Waals surface area contributed by atoms with Crippen molar-refractivity contribution in [2.75, 3.05) is 21.3 Å². The highest BCUT2D eigenvalue weighted by Crippen LogP contribution is 2.33. The Kier molecular flexibility index (Phi) is 4.94. The van der Waals surface area contributed by atoms with Gasteiger partial charge in [0.25, 0.3) is 0 Å². The smallest absolute Gasteiger partial charge is 0.337 e. The van der Waals surface area contributed by atoms with Crippen molar-refractivity contribution in [3.05, 3.63) is 23.3 Å². The first-order valence-corrected chi connectivity index (χ1v) is 5.19. The van der Waals surface area contributed by atoms with Crippen molar-refractivity contribution < 1.29 is 29.2 Å². The molecular formula is C12H16O6. The Morgan fingerprint density at radius 3 is 2.06 bits per heavy atom. The number of ether oxygens (including phenoxy) is 3. The first-order chi connectivity index (χ1) is 8.54. The third kappa shape index (κ3) is 2.91. The Bertz CT molecular complexity index is 404. The SMILES string of the molecule is COCc1c(OC)cc(C(O)C(=O)O)cc1OC. The average Bonchev–Trinajstić information content (AvgIpc) is 2.38. The lowest BCUT2D eigenvalue weighted by Crippen LogP contribution is -2.11. The first-order valence-electron chi connectivity index (χ1n) is 5.19. The van der Waals surface area contributed by atoms with Gasteiger partial charge in [0.05, 0.1) is 26.4 Å². The van der Waals surface area contributed by atoms with E-state index in [4.69, 9.17) is 19.3 Å². The molecule has 0 aliphatic rings. The molecule has 0 aliphatic heterocycles. The molecule has 1 aromatic rings. The molecule has 1 unspecified atom stereocenters. The van der Waals surface area contributed by atoms with E-state index in [-0.39, 0.29) is 12.2 Å². The molecule has 0 heterocycles. The second kappa shape index (κ2) is 6.23. The van der Waals surface area contributed by atoms with Crippen molar-refractivity contribution >= 4 is 5.97 Å². The van der Waals surface area contributed by atoms with Crippen LogP contribution in [0.5, 0.6) is 11.5 Å². The Hall–Kier alpha value is -1.79. The van der Waals surface area contributed by atoms with E-state index in [1.165, 1.54) is 33.5 Å². The minimum absolute atomic E-state index is 0.191. The summed E-state index contributed by atoms with van der Waals surface area (Å²) in [5, 5.41) is 18.3. The summed E-state index contributed by atoms with van der Waals surface area (Å²) in [5.41, 5.74) is 0.847. The van der Waals surface area contributed by atoms with Crippen molar-refractivity contribution in [1.29, 1.82) is 0 Å². The largest absolute Gasteiger partial charge is 0.496 e. The lowest BCUT2D eigenvalue weighted by atomic mass is 10.0. The lowest BCUT2D eigenvalue weighted by Gasteiger charge is -2.16. The van der Waals surface area contributed by atoms with Gasteiger partial charge in [-0.1, -0.05) is 0 Å². The second-order valence-electron chi connectivity index (χ2n) is 3.58. The second-order valence-corrected chi connectivity index (χ2v) is 3.58. The zero-order valence-electron chi connectivity index (χ0n) is 10.5. The molecule has 6 heteroatoms. The minimum Gasteiger partial charge on any atom is -0.496 e. The van der Waals surface area contributed by atoms with E-state index in [2.05, 4.69) is 0 Å². The molecule has 2 N–H and O–H groups in total. The number of rotatable bonds is 6. The number of aliphatic carboxylic acids is 1. The molecule has 0 bridgehead atoms. The molecule has 1 atom stereocenters.